The number of aliphatic hydroxyl groups is 1. The van der Waals surface area contributed by atoms with E-state index in [0.717, 1.165) is 24.8 Å². The molecule has 0 aromatic carbocycles. The number of aliphatic hydroxyl groups excluding tert-OH is 1. The summed E-state index contributed by atoms with van der Waals surface area (Å²) in [5.74, 6) is 0.823. The van der Waals surface area contributed by atoms with Gasteiger partial charge in [-0.3, -0.25) is 0 Å². The predicted octanol–water partition coefficient (Wildman–Crippen LogP) is 3.24. The first kappa shape index (κ1) is 13.4. The lowest BCUT2D eigenvalue weighted by Crippen LogP contribution is -2.35. The van der Waals surface area contributed by atoms with E-state index in [0.29, 0.717) is 0 Å². The van der Waals surface area contributed by atoms with Gasteiger partial charge in [0, 0.05) is 6.04 Å². The predicted molar refractivity (Wildman–Crippen MR) is 72.1 cm³/mol. The summed E-state index contributed by atoms with van der Waals surface area (Å²) in [6.45, 7) is 1.19. The fourth-order valence-electron chi connectivity index (χ4n) is 3.34. The Morgan fingerprint density at radius 3 is 2.00 bits per heavy atom. The molecule has 0 aliphatic heterocycles. The first-order valence-electron chi connectivity index (χ1n) is 7.76. The number of nitrogens with one attached hydrogen (secondary N) is 1. The van der Waals surface area contributed by atoms with Crippen LogP contribution in [0.15, 0.2) is 0 Å². The van der Waals surface area contributed by atoms with Gasteiger partial charge in [-0.15, -0.1) is 0 Å². The smallest absolute Gasteiger partial charge is 0.0540 e. The Kier molecular flexibility index (Phi) is 5.79. The molecule has 0 spiro atoms. The highest BCUT2D eigenvalue weighted by atomic mass is 16.3. The van der Waals surface area contributed by atoms with Crippen LogP contribution in [0.4, 0.5) is 0 Å². The lowest BCUT2D eigenvalue weighted by molar-refractivity contribution is 0.107. The summed E-state index contributed by atoms with van der Waals surface area (Å²) >= 11 is 0. The molecule has 0 radical (unpaired) electrons. The highest BCUT2D eigenvalue weighted by molar-refractivity contribution is 4.76. The third kappa shape index (κ3) is 4.97. The fraction of sp³-hybridized carbons (Fsp3) is 1.00. The quantitative estimate of drug-likeness (QED) is 0.792. The van der Waals surface area contributed by atoms with Crippen molar-refractivity contribution in [2.45, 2.75) is 82.8 Å². The minimum atomic E-state index is -0.00681. The first-order chi connectivity index (χ1) is 8.34. The number of hydrogen-bond donors (Lipinski definition) is 2. The van der Waals surface area contributed by atoms with Crippen molar-refractivity contribution in [2.24, 2.45) is 5.92 Å². The van der Waals surface area contributed by atoms with Crippen molar-refractivity contribution >= 4 is 0 Å². The normalized spacial score (nSPS) is 33.0. The van der Waals surface area contributed by atoms with Gasteiger partial charge in [0.1, 0.15) is 0 Å². The average molecular weight is 239 g/mol. The molecule has 0 aromatic rings. The van der Waals surface area contributed by atoms with Crippen LogP contribution < -0.4 is 5.32 Å². The Morgan fingerprint density at radius 1 is 0.765 bits per heavy atom. The Balaban J connectivity index is 1.62. The zero-order chi connectivity index (χ0) is 11.9. The summed E-state index contributed by atoms with van der Waals surface area (Å²) in [7, 11) is 0. The van der Waals surface area contributed by atoms with Gasteiger partial charge < -0.3 is 10.4 Å². The van der Waals surface area contributed by atoms with Crippen LogP contribution in [0.3, 0.4) is 0 Å². The van der Waals surface area contributed by atoms with E-state index in [1.54, 1.807) is 0 Å². The minimum absolute atomic E-state index is 0.00681. The Bertz CT molecular complexity index is 191. The van der Waals surface area contributed by atoms with Crippen LogP contribution in [0, 0.1) is 5.92 Å². The topological polar surface area (TPSA) is 32.3 Å². The zero-order valence-electron chi connectivity index (χ0n) is 11.2. The van der Waals surface area contributed by atoms with Gasteiger partial charge in [0.05, 0.1) is 6.10 Å². The molecule has 0 bridgehead atoms. The largest absolute Gasteiger partial charge is 0.393 e. The number of hydrogen-bond acceptors (Lipinski definition) is 2. The highest BCUT2D eigenvalue weighted by Crippen LogP contribution is 2.24. The van der Waals surface area contributed by atoms with Crippen LogP contribution in [0.25, 0.3) is 0 Å². The average Bonchev–Trinajstić information content (AvgIpc) is 2.30. The molecule has 2 nitrogen and oxygen atoms in total. The Morgan fingerprint density at radius 2 is 1.35 bits per heavy atom. The van der Waals surface area contributed by atoms with Crippen molar-refractivity contribution in [1.29, 1.82) is 0 Å². The third-order valence-corrected chi connectivity index (χ3v) is 4.62. The Labute approximate surface area is 106 Å². The fourth-order valence-corrected chi connectivity index (χ4v) is 3.34. The second-order valence-corrected chi connectivity index (χ2v) is 6.12. The summed E-state index contributed by atoms with van der Waals surface area (Å²) in [5.41, 5.74) is 0. The van der Waals surface area contributed by atoms with Crippen LogP contribution in [0.5, 0.6) is 0 Å². The van der Waals surface area contributed by atoms with Crippen molar-refractivity contribution in [3.63, 3.8) is 0 Å². The molecule has 0 saturated heterocycles. The second-order valence-electron chi connectivity index (χ2n) is 6.12. The molecule has 0 amide bonds. The molecule has 2 saturated carbocycles. The molecular weight excluding hydrogens is 210 g/mol. The molecule has 100 valence electrons. The maximum absolute atomic E-state index is 9.49. The van der Waals surface area contributed by atoms with E-state index >= 15 is 0 Å². The van der Waals surface area contributed by atoms with E-state index in [9.17, 15) is 5.11 Å². The maximum Gasteiger partial charge on any atom is 0.0540 e. The van der Waals surface area contributed by atoms with E-state index < -0.39 is 0 Å². The van der Waals surface area contributed by atoms with E-state index in [-0.39, 0.29) is 6.10 Å². The lowest BCUT2D eigenvalue weighted by atomic mass is 9.87. The minimum Gasteiger partial charge on any atom is -0.393 e. The van der Waals surface area contributed by atoms with Crippen molar-refractivity contribution in [3.8, 4) is 0 Å². The monoisotopic (exact) mass is 239 g/mol. The van der Waals surface area contributed by atoms with Crippen LogP contribution in [-0.2, 0) is 0 Å². The van der Waals surface area contributed by atoms with Gasteiger partial charge in [0.25, 0.3) is 0 Å². The molecule has 2 heteroatoms. The van der Waals surface area contributed by atoms with E-state index in [2.05, 4.69) is 5.32 Å². The molecule has 2 rings (SSSR count). The van der Waals surface area contributed by atoms with Crippen molar-refractivity contribution in [1.82, 2.24) is 5.32 Å². The summed E-state index contributed by atoms with van der Waals surface area (Å²) in [5, 5.41) is 13.3. The standard InChI is InChI=1S/C15H29NO/c17-15-10-8-13(9-11-15)12-16-14-6-4-2-1-3-5-7-14/h13-17H,1-12H2. The zero-order valence-corrected chi connectivity index (χ0v) is 11.2. The van der Waals surface area contributed by atoms with Gasteiger partial charge in [0.2, 0.25) is 0 Å². The van der Waals surface area contributed by atoms with Crippen LogP contribution in [0.1, 0.15) is 70.6 Å². The Hall–Kier alpha value is -0.0800. The molecule has 0 unspecified atom stereocenters. The van der Waals surface area contributed by atoms with Gasteiger partial charge >= 0.3 is 0 Å². The highest BCUT2D eigenvalue weighted by Gasteiger charge is 2.20. The third-order valence-electron chi connectivity index (χ3n) is 4.62. The summed E-state index contributed by atoms with van der Waals surface area (Å²) in [6, 6.07) is 0.780. The molecule has 0 atom stereocenters. The van der Waals surface area contributed by atoms with Crippen LogP contribution >= 0.6 is 0 Å². The summed E-state index contributed by atoms with van der Waals surface area (Å²) in [6.07, 6.45) is 14.4. The summed E-state index contributed by atoms with van der Waals surface area (Å²) < 4.78 is 0. The van der Waals surface area contributed by atoms with E-state index in [1.807, 2.05) is 0 Å². The van der Waals surface area contributed by atoms with E-state index in [1.165, 1.54) is 64.3 Å². The van der Waals surface area contributed by atoms with Crippen LogP contribution in [0.2, 0.25) is 0 Å². The second kappa shape index (κ2) is 7.38. The molecule has 2 aliphatic rings. The van der Waals surface area contributed by atoms with Gasteiger partial charge in [-0.05, 0) is 51.0 Å². The SMILES string of the molecule is OC1CCC(CNC2CCCCCCC2)CC1. The van der Waals surface area contributed by atoms with Gasteiger partial charge in [-0.25, -0.2) is 0 Å². The molecule has 2 aliphatic carbocycles. The lowest BCUT2D eigenvalue weighted by Gasteiger charge is -2.28. The molecule has 0 heterocycles. The first-order valence-corrected chi connectivity index (χ1v) is 7.76. The van der Waals surface area contributed by atoms with Gasteiger partial charge in [-0.1, -0.05) is 32.1 Å². The van der Waals surface area contributed by atoms with Crippen molar-refractivity contribution in [2.75, 3.05) is 6.54 Å². The van der Waals surface area contributed by atoms with Crippen molar-refractivity contribution < 1.29 is 5.11 Å². The van der Waals surface area contributed by atoms with E-state index in [4.69, 9.17) is 0 Å². The number of rotatable bonds is 3. The molecule has 2 N–H and O–H groups in total. The van der Waals surface area contributed by atoms with Crippen molar-refractivity contribution in [3.05, 3.63) is 0 Å². The van der Waals surface area contributed by atoms with Gasteiger partial charge in [0.15, 0.2) is 0 Å². The van der Waals surface area contributed by atoms with Crippen LogP contribution in [-0.4, -0.2) is 23.8 Å². The molecular formula is C15H29NO. The molecule has 0 aromatic heterocycles. The molecule has 17 heavy (non-hydrogen) atoms. The summed E-state index contributed by atoms with van der Waals surface area (Å²) in [4.78, 5) is 0. The molecule has 2 fully saturated rings. The maximum atomic E-state index is 9.49. The van der Waals surface area contributed by atoms with Gasteiger partial charge in [-0.2, -0.15) is 0 Å².